The van der Waals surface area contributed by atoms with Gasteiger partial charge in [-0.15, -0.1) is 0 Å². The maximum Gasteiger partial charge on any atom is 0.199 e. The molecule has 2 atom stereocenters. The first-order chi connectivity index (χ1) is 8.12. The average Bonchev–Trinajstić information content (AvgIpc) is 2.39. The van der Waals surface area contributed by atoms with E-state index in [2.05, 4.69) is 13.8 Å². The Morgan fingerprint density at radius 1 is 1.41 bits per heavy atom. The van der Waals surface area contributed by atoms with Crippen LogP contribution < -0.4 is 5.73 Å². The van der Waals surface area contributed by atoms with Crippen molar-refractivity contribution in [2.24, 2.45) is 11.7 Å². The Labute approximate surface area is 103 Å². The lowest BCUT2D eigenvalue weighted by molar-refractivity contribution is -0.132. The molecular formula is C14H21NO2. The van der Waals surface area contributed by atoms with E-state index >= 15 is 0 Å². The fourth-order valence-electron chi connectivity index (χ4n) is 1.52. The van der Waals surface area contributed by atoms with Gasteiger partial charge in [-0.05, 0) is 12.3 Å². The zero-order valence-electron chi connectivity index (χ0n) is 10.6. The molecule has 3 nitrogen and oxygen atoms in total. The van der Waals surface area contributed by atoms with Crippen molar-refractivity contribution in [3.05, 3.63) is 35.9 Å². The van der Waals surface area contributed by atoms with Gasteiger partial charge in [0.15, 0.2) is 12.0 Å². The first-order valence-electron chi connectivity index (χ1n) is 6.07. The summed E-state index contributed by atoms with van der Waals surface area (Å²) in [6, 6.07) is 9.18. The highest BCUT2D eigenvalue weighted by Crippen LogP contribution is 2.18. The molecule has 0 aliphatic carbocycles. The van der Waals surface area contributed by atoms with Gasteiger partial charge in [0.2, 0.25) is 0 Å². The molecule has 1 aromatic carbocycles. The maximum absolute atomic E-state index is 11.1. The van der Waals surface area contributed by atoms with E-state index in [1.165, 1.54) is 0 Å². The summed E-state index contributed by atoms with van der Waals surface area (Å²) in [4.78, 5) is 11.1. The highest BCUT2D eigenvalue weighted by molar-refractivity contribution is 5.64. The first-order valence-corrected chi connectivity index (χ1v) is 6.07. The van der Waals surface area contributed by atoms with E-state index in [-0.39, 0.29) is 0 Å². The molecule has 2 unspecified atom stereocenters. The van der Waals surface area contributed by atoms with Crippen LogP contribution in [-0.2, 0) is 15.3 Å². The Morgan fingerprint density at radius 2 is 2.06 bits per heavy atom. The molecule has 3 heteroatoms. The molecule has 0 aromatic heterocycles. The molecule has 0 aliphatic heterocycles. The quantitative estimate of drug-likeness (QED) is 0.583. The van der Waals surface area contributed by atoms with Crippen LogP contribution in [0, 0.1) is 5.92 Å². The summed E-state index contributed by atoms with van der Waals surface area (Å²) in [5.74, 6) is 0.585. The van der Waals surface area contributed by atoms with E-state index in [4.69, 9.17) is 10.5 Å². The van der Waals surface area contributed by atoms with Gasteiger partial charge in [-0.3, -0.25) is 10.5 Å². The van der Waals surface area contributed by atoms with Crippen LogP contribution in [0.4, 0.5) is 0 Å². The lowest BCUT2D eigenvalue weighted by Gasteiger charge is -2.24. The van der Waals surface area contributed by atoms with Gasteiger partial charge in [-0.1, -0.05) is 50.6 Å². The monoisotopic (exact) mass is 235 g/mol. The molecule has 1 aromatic rings. The van der Waals surface area contributed by atoms with Crippen LogP contribution in [0.15, 0.2) is 30.3 Å². The second-order valence-electron chi connectivity index (χ2n) is 4.43. The highest BCUT2D eigenvalue weighted by atomic mass is 16.5. The summed E-state index contributed by atoms with van der Waals surface area (Å²) in [6.07, 6.45) is 2.68. The smallest absolute Gasteiger partial charge is 0.199 e. The van der Waals surface area contributed by atoms with Gasteiger partial charge < -0.3 is 4.74 Å². The topological polar surface area (TPSA) is 52.3 Å². The Bertz CT molecular complexity index is 339. The number of rotatable bonds is 7. The van der Waals surface area contributed by atoms with Gasteiger partial charge in [0.1, 0.15) is 0 Å². The molecule has 0 aliphatic rings. The Hall–Kier alpha value is -1.19. The predicted molar refractivity (Wildman–Crippen MR) is 68.4 cm³/mol. The van der Waals surface area contributed by atoms with Crippen molar-refractivity contribution in [2.75, 3.05) is 6.61 Å². The molecule has 0 saturated carbocycles. The van der Waals surface area contributed by atoms with Gasteiger partial charge in [0.25, 0.3) is 0 Å². The van der Waals surface area contributed by atoms with Crippen molar-refractivity contribution in [3.63, 3.8) is 0 Å². The van der Waals surface area contributed by atoms with Gasteiger partial charge in [-0.2, -0.15) is 0 Å². The molecule has 0 radical (unpaired) electrons. The molecular weight excluding hydrogens is 214 g/mol. The highest BCUT2D eigenvalue weighted by Gasteiger charge is 2.27. The van der Waals surface area contributed by atoms with Crippen LogP contribution in [0.25, 0.3) is 0 Å². The minimum absolute atomic E-state index is 0.499. The fourth-order valence-corrected chi connectivity index (χ4v) is 1.52. The third kappa shape index (κ3) is 3.95. The van der Waals surface area contributed by atoms with Crippen LogP contribution in [0.5, 0.6) is 0 Å². The summed E-state index contributed by atoms with van der Waals surface area (Å²) >= 11 is 0. The lowest BCUT2D eigenvalue weighted by Crippen LogP contribution is -2.41. The van der Waals surface area contributed by atoms with E-state index < -0.39 is 5.72 Å². The Balaban J connectivity index is 2.61. The Morgan fingerprint density at radius 3 is 2.59 bits per heavy atom. The average molecular weight is 235 g/mol. The van der Waals surface area contributed by atoms with Crippen molar-refractivity contribution in [1.29, 1.82) is 0 Å². The SMILES string of the molecule is CCC(C)CCOC(N)(C=O)c1ccccc1. The zero-order chi connectivity index (χ0) is 12.7. The van der Waals surface area contributed by atoms with E-state index in [0.29, 0.717) is 24.4 Å². The number of hydrogen-bond donors (Lipinski definition) is 1. The van der Waals surface area contributed by atoms with Gasteiger partial charge in [0, 0.05) is 5.56 Å². The van der Waals surface area contributed by atoms with Crippen molar-refractivity contribution >= 4 is 6.29 Å². The van der Waals surface area contributed by atoms with Crippen molar-refractivity contribution in [3.8, 4) is 0 Å². The molecule has 0 bridgehead atoms. The minimum Gasteiger partial charge on any atom is -0.350 e. The third-order valence-electron chi connectivity index (χ3n) is 3.05. The van der Waals surface area contributed by atoms with E-state index in [9.17, 15) is 4.79 Å². The third-order valence-corrected chi connectivity index (χ3v) is 3.05. The molecule has 0 amide bonds. The van der Waals surface area contributed by atoms with Gasteiger partial charge >= 0.3 is 0 Å². The summed E-state index contributed by atoms with van der Waals surface area (Å²) in [7, 11) is 0. The number of nitrogens with two attached hydrogens (primary N) is 1. The molecule has 0 saturated heterocycles. The van der Waals surface area contributed by atoms with Crippen LogP contribution >= 0.6 is 0 Å². The summed E-state index contributed by atoms with van der Waals surface area (Å²) in [6.45, 7) is 4.79. The molecule has 0 spiro atoms. The van der Waals surface area contributed by atoms with Gasteiger partial charge in [0.05, 0.1) is 6.61 Å². The van der Waals surface area contributed by atoms with E-state index in [1.807, 2.05) is 18.2 Å². The summed E-state index contributed by atoms with van der Waals surface area (Å²) in [5, 5.41) is 0. The number of hydrogen-bond acceptors (Lipinski definition) is 3. The molecule has 94 valence electrons. The molecule has 0 fully saturated rings. The number of benzene rings is 1. The van der Waals surface area contributed by atoms with Crippen LogP contribution in [0.2, 0.25) is 0 Å². The number of ether oxygens (including phenoxy) is 1. The minimum atomic E-state index is -1.31. The molecule has 17 heavy (non-hydrogen) atoms. The molecule has 2 N–H and O–H groups in total. The van der Waals surface area contributed by atoms with Crippen molar-refractivity contribution in [1.82, 2.24) is 0 Å². The molecule has 1 rings (SSSR count). The van der Waals surface area contributed by atoms with Crippen molar-refractivity contribution in [2.45, 2.75) is 32.4 Å². The van der Waals surface area contributed by atoms with E-state index in [0.717, 1.165) is 12.8 Å². The van der Waals surface area contributed by atoms with Gasteiger partial charge in [-0.25, -0.2) is 0 Å². The summed E-state index contributed by atoms with van der Waals surface area (Å²) < 4.78 is 5.55. The summed E-state index contributed by atoms with van der Waals surface area (Å²) in [5.41, 5.74) is 5.34. The zero-order valence-corrected chi connectivity index (χ0v) is 10.6. The standard InChI is InChI=1S/C14H21NO2/c1-3-12(2)9-10-17-14(15,11-16)13-7-5-4-6-8-13/h4-8,11-12H,3,9-10,15H2,1-2H3. The number of carbonyl (C=O) groups is 1. The second kappa shape index (κ2) is 6.52. The Kier molecular flexibility index (Phi) is 5.32. The molecule has 0 heterocycles. The normalized spacial score (nSPS) is 16.2. The number of carbonyl (C=O) groups excluding carboxylic acids is 1. The first kappa shape index (κ1) is 13.9. The van der Waals surface area contributed by atoms with E-state index in [1.54, 1.807) is 12.1 Å². The van der Waals surface area contributed by atoms with Crippen LogP contribution in [0.1, 0.15) is 32.3 Å². The lowest BCUT2D eigenvalue weighted by atomic mass is 10.0. The maximum atomic E-state index is 11.1. The van der Waals surface area contributed by atoms with Crippen LogP contribution in [0.3, 0.4) is 0 Å². The van der Waals surface area contributed by atoms with Crippen LogP contribution in [-0.4, -0.2) is 12.9 Å². The number of aldehydes is 1. The predicted octanol–water partition coefficient (Wildman–Crippen LogP) is 2.45. The second-order valence-corrected chi connectivity index (χ2v) is 4.43. The largest absolute Gasteiger partial charge is 0.350 e. The fraction of sp³-hybridized carbons (Fsp3) is 0.500. The van der Waals surface area contributed by atoms with Crippen molar-refractivity contribution < 1.29 is 9.53 Å².